The second-order valence-electron chi connectivity index (χ2n) is 7.90. The van der Waals surface area contributed by atoms with Crippen LogP contribution in [0.4, 0.5) is 0 Å². The van der Waals surface area contributed by atoms with Crippen molar-refractivity contribution in [1.82, 2.24) is 9.80 Å². The summed E-state index contributed by atoms with van der Waals surface area (Å²) < 4.78 is 5.50. The number of aliphatic hydroxyl groups is 1. The lowest BCUT2D eigenvalue weighted by Crippen LogP contribution is -2.50. The van der Waals surface area contributed by atoms with Gasteiger partial charge < -0.3 is 9.84 Å². The zero-order valence-corrected chi connectivity index (χ0v) is 16.2. The second-order valence-corrected chi connectivity index (χ2v) is 8.34. The Hall–Kier alpha value is -0.650. The van der Waals surface area contributed by atoms with Crippen LogP contribution in [0.2, 0.25) is 5.02 Å². The minimum Gasteiger partial charge on any atom is -0.389 e. The van der Waals surface area contributed by atoms with Gasteiger partial charge in [-0.2, -0.15) is 0 Å². The number of hydrogen-bond acceptors (Lipinski definition) is 4. The smallest absolute Gasteiger partial charge is 0.0900 e. The zero-order chi connectivity index (χ0) is 17.9. The van der Waals surface area contributed by atoms with Crippen molar-refractivity contribution >= 4 is 11.6 Å². The van der Waals surface area contributed by atoms with Gasteiger partial charge in [0.25, 0.3) is 0 Å². The van der Waals surface area contributed by atoms with Crippen LogP contribution in [0.15, 0.2) is 24.3 Å². The van der Waals surface area contributed by atoms with Crippen LogP contribution < -0.4 is 0 Å². The van der Waals surface area contributed by atoms with Crippen LogP contribution in [-0.4, -0.2) is 73.0 Å². The molecule has 0 bridgehead atoms. The lowest BCUT2D eigenvalue weighted by molar-refractivity contribution is -0.0148. The first-order chi connectivity index (χ1) is 12.0. The van der Waals surface area contributed by atoms with Crippen molar-refractivity contribution in [1.29, 1.82) is 0 Å². The molecule has 3 rings (SSSR count). The fraction of sp³-hybridized carbons (Fsp3) is 0.700. The van der Waals surface area contributed by atoms with Crippen molar-refractivity contribution in [3.8, 4) is 0 Å². The molecule has 0 amide bonds. The lowest BCUT2D eigenvalue weighted by Gasteiger charge is -2.37. The van der Waals surface area contributed by atoms with Crippen molar-refractivity contribution in [3.05, 3.63) is 34.9 Å². The third-order valence-corrected chi connectivity index (χ3v) is 5.64. The normalized spacial score (nSPS) is 22.3. The van der Waals surface area contributed by atoms with Crippen LogP contribution in [-0.2, 0) is 10.2 Å². The Kier molecular flexibility index (Phi) is 6.39. The van der Waals surface area contributed by atoms with Gasteiger partial charge in [0.1, 0.15) is 0 Å². The molecule has 1 saturated carbocycles. The molecule has 1 N–H and O–H groups in total. The van der Waals surface area contributed by atoms with Crippen molar-refractivity contribution in [2.45, 2.75) is 44.3 Å². The van der Waals surface area contributed by atoms with E-state index >= 15 is 0 Å². The molecule has 25 heavy (non-hydrogen) atoms. The summed E-state index contributed by atoms with van der Waals surface area (Å²) in [6.45, 7) is 10.5. The number of β-amino-alcohol motifs (C(OH)–C–C–N with tert-alkyl or cyclic N) is 1. The fourth-order valence-corrected chi connectivity index (χ4v) is 3.83. The molecule has 5 heteroatoms. The van der Waals surface area contributed by atoms with Crippen LogP contribution in [0.3, 0.4) is 0 Å². The maximum absolute atomic E-state index is 10.1. The van der Waals surface area contributed by atoms with Crippen LogP contribution in [0.25, 0.3) is 0 Å². The van der Waals surface area contributed by atoms with Gasteiger partial charge in [-0.3, -0.25) is 9.80 Å². The van der Waals surface area contributed by atoms with E-state index in [2.05, 4.69) is 21.9 Å². The summed E-state index contributed by atoms with van der Waals surface area (Å²) >= 11 is 6.03. The first-order valence-electron chi connectivity index (χ1n) is 9.47. The van der Waals surface area contributed by atoms with Crippen LogP contribution in [0.5, 0.6) is 0 Å². The van der Waals surface area contributed by atoms with E-state index in [0.717, 1.165) is 37.7 Å². The number of halogens is 1. The Bertz CT molecular complexity index is 537. The molecular weight excluding hydrogens is 336 g/mol. The molecule has 0 radical (unpaired) electrons. The van der Waals surface area contributed by atoms with Gasteiger partial charge in [-0.15, -0.1) is 0 Å². The number of ether oxygens (including phenoxy) is 1. The standard InChI is InChI=1S/C20H31ClN2O2/c1-16(2)25-14-19(24)13-22-9-11-23(12-10-22)15-20(7-8-20)17-3-5-18(21)6-4-17/h3-6,16,19,24H,7-15H2,1-2H3/t19-/m0/s1. The highest BCUT2D eigenvalue weighted by atomic mass is 35.5. The van der Waals surface area contributed by atoms with Gasteiger partial charge in [0, 0.05) is 49.7 Å². The Balaban J connectivity index is 1.43. The molecule has 1 saturated heterocycles. The van der Waals surface area contributed by atoms with Crippen molar-refractivity contribution in [2.24, 2.45) is 0 Å². The molecular formula is C20H31ClN2O2. The molecule has 0 unspecified atom stereocenters. The van der Waals surface area contributed by atoms with Crippen molar-refractivity contribution in [3.63, 3.8) is 0 Å². The number of rotatable bonds is 8. The molecule has 0 aromatic heterocycles. The highest BCUT2D eigenvalue weighted by molar-refractivity contribution is 6.30. The summed E-state index contributed by atoms with van der Waals surface area (Å²) in [4.78, 5) is 4.93. The topological polar surface area (TPSA) is 35.9 Å². The van der Waals surface area contributed by atoms with Crippen LogP contribution in [0.1, 0.15) is 32.3 Å². The SMILES string of the molecule is CC(C)OC[C@@H](O)CN1CCN(CC2(c3ccc(Cl)cc3)CC2)CC1. The van der Waals surface area contributed by atoms with E-state index in [1.54, 1.807) is 0 Å². The summed E-state index contributed by atoms with van der Waals surface area (Å²) in [5, 5.41) is 10.9. The van der Waals surface area contributed by atoms with E-state index in [-0.39, 0.29) is 6.10 Å². The average molecular weight is 367 g/mol. The third-order valence-electron chi connectivity index (χ3n) is 5.39. The number of benzene rings is 1. The van der Waals surface area contributed by atoms with Gasteiger partial charge in [0.05, 0.1) is 18.8 Å². The molecule has 2 fully saturated rings. The van der Waals surface area contributed by atoms with E-state index in [1.807, 2.05) is 26.0 Å². The predicted octanol–water partition coefficient (Wildman–Crippen LogP) is 2.78. The number of hydrogen-bond donors (Lipinski definition) is 1. The lowest BCUT2D eigenvalue weighted by atomic mass is 9.95. The largest absolute Gasteiger partial charge is 0.389 e. The van der Waals surface area contributed by atoms with Crippen molar-refractivity contribution < 1.29 is 9.84 Å². The van der Waals surface area contributed by atoms with Crippen LogP contribution in [0, 0.1) is 0 Å². The van der Waals surface area contributed by atoms with Gasteiger partial charge in [0.15, 0.2) is 0 Å². The summed E-state index contributed by atoms with van der Waals surface area (Å²) in [5.41, 5.74) is 1.78. The third kappa shape index (κ3) is 5.41. The first kappa shape index (κ1) is 19.1. The molecule has 2 aliphatic rings. The summed E-state index contributed by atoms with van der Waals surface area (Å²) in [7, 11) is 0. The Morgan fingerprint density at radius 2 is 1.68 bits per heavy atom. The van der Waals surface area contributed by atoms with E-state index in [9.17, 15) is 5.11 Å². The van der Waals surface area contributed by atoms with E-state index in [4.69, 9.17) is 16.3 Å². The van der Waals surface area contributed by atoms with Crippen molar-refractivity contribution in [2.75, 3.05) is 45.9 Å². The van der Waals surface area contributed by atoms with E-state index < -0.39 is 6.10 Å². The molecule has 140 valence electrons. The molecule has 4 nitrogen and oxygen atoms in total. The number of aliphatic hydroxyl groups excluding tert-OH is 1. The average Bonchev–Trinajstić information content (AvgIpc) is 3.36. The molecule has 1 aromatic rings. The Morgan fingerprint density at radius 3 is 2.24 bits per heavy atom. The maximum Gasteiger partial charge on any atom is 0.0900 e. The van der Waals surface area contributed by atoms with Gasteiger partial charge in [-0.1, -0.05) is 23.7 Å². The van der Waals surface area contributed by atoms with E-state index in [1.165, 1.54) is 18.4 Å². The minimum atomic E-state index is -0.391. The molecule has 1 aliphatic carbocycles. The van der Waals surface area contributed by atoms with Crippen LogP contribution >= 0.6 is 11.6 Å². The fourth-order valence-electron chi connectivity index (χ4n) is 3.70. The molecule has 1 aliphatic heterocycles. The highest BCUT2D eigenvalue weighted by Crippen LogP contribution is 2.49. The summed E-state index contributed by atoms with van der Waals surface area (Å²) in [5.74, 6) is 0. The first-order valence-corrected chi connectivity index (χ1v) is 9.85. The van der Waals surface area contributed by atoms with Gasteiger partial charge >= 0.3 is 0 Å². The monoisotopic (exact) mass is 366 g/mol. The molecule has 1 aromatic carbocycles. The highest BCUT2D eigenvalue weighted by Gasteiger charge is 2.45. The quantitative estimate of drug-likeness (QED) is 0.767. The molecule has 0 spiro atoms. The summed E-state index contributed by atoms with van der Waals surface area (Å²) in [6, 6.07) is 8.40. The molecule has 1 heterocycles. The minimum absolute atomic E-state index is 0.175. The Morgan fingerprint density at radius 1 is 1.08 bits per heavy atom. The van der Waals surface area contributed by atoms with Gasteiger partial charge in [0.2, 0.25) is 0 Å². The number of nitrogens with zero attached hydrogens (tertiary/aromatic N) is 2. The van der Waals surface area contributed by atoms with E-state index in [0.29, 0.717) is 18.6 Å². The number of piperazine rings is 1. The molecule has 1 atom stereocenters. The summed E-state index contributed by atoms with van der Waals surface area (Å²) in [6.07, 6.45) is 2.34. The predicted molar refractivity (Wildman–Crippen MR) is 102 cm³/mol. The van der Waals surface area contributed by atoms with Gasteiger partial charge in [-0.25, -0.2) is 0 Å². The Labute approximate surface area is 156 Å². The second kappa shape index (κ2) is 8.36. The van der Waals surface area contributed by atoms with Gasteiger partial charge in [-0.05, 0) is 44.4 Å². The zero-order valence-electron chi connectivity index (χ0n) is 15.5. The maximum atomic E-state index is 10.1.